The van der Waals surface area contributed by atoms with Gasteiger partial charge in [-0.25, -0.2) is 14.8 Å². The molecule has 0 saturated carbocycles. The summed E-state index contributed by atoms with van der Waals surface area (Å²) >= 11 is 1.06. The molecule has 0 bridgehead atoms. The van der Waals surface area contributed by atoms with Crippen LogP contribution in [0.2, 0.25) is 0 Å². The van der Waals surface area contributed by atoms with Gasteiger partial charge in [0, 0.05) is 80.2 Å². The third kappa shape index (κ3) is 7.32. The minimum Gasteiger partial charge on any atom is -0.453 e. The van der Waals surface area contributed by atoms with Crippen LogP contribution in [-0.4, -0.2) is 100.0 Å². The van der Waals surface area contributed by atoms with E-state index in [4.69, 9.17) is 4.74 Å². The fraction of sp³-hybridized carbons (Fsp3) is 0.515. The second-order valence-electron chi connectivity index (χ2n) is 12.5. The average Bonchev–Trinajstić information content (AvgIpc) is 3.63. The van der Waals surface area contributed by atoms with Crippen molar-refractivity contribution in [3.05, 3.63) is 52.3 Å². The molecule has 0 spiro atoms. The molecule has 1 atom stereocenters. The fourth-order valence-corrected chi connectivity index (χ4v) is 7.84. The van der Waals surface area contributed by atoms with Crippen molar-refractivity contribution in [3.8, 4) is 6.07 Å². The Bertz CT molecular complexity index is 1780. The lowest BCUT2D eigenvalue weighted by Gasteiger charge is -2.37. The van der Waals surface area contributed by atoms with E-state index < -0.39 is 12.6 Å². The predicted molar refractivity (Wildman–Crippen MR) is 175 cm³/mol. The number of fused-ring (bicyclic) bond motifs is 2. The van der Waals surface area contributed by atoms with Gasteiger partial charge in [-0.3, -0.25) is 9.80 Å². The number of piperazine rings is 1. The van der Waals surface area contributed by atoms with E-state index in [2.05, 4.69) is 61.7 Å². The number of rotatable bonds is 8. The summed E-state index contributed by atoms with van der Waals surface area (Å²) in [5.74, 6) is 0.593. The molecule has 5 heterocycles. The van der Waals surface area contributed by atoms with Crippen molar-refractivity contribution in [1.82, 2.24) is 29.2 Å². The topological polar surface area (TPSA) is 103 Å². The molecule has 6 rings (SSSR count). The van der Waals surface area contributed by atoms with Crippen LogP contribution < -0.4 is 5.32 Å². The molecule has 1 aromatic carbocycles. The number of piperidine rings is 1. The molecular formula is C33H39F3N8O2S. The molecule has 3 aromatic heterocycles. The summed E-state index contributed by atoms with van der Waals surface area (Å²) in [5, 5.41) is 15.2. The van der Waals surface area contributed by atoms with Crippen LogP contribution in [0.5, 0.6) is 0 Å². The van der Waals surface area contributed by atoms with Crippen LogP contribution >= 0.6 is 11.3 Å². The molecule has 47 heavy (non-hydrogen) atoms. The summed E-state index contributed by atoms with van der Waals surface area (Å²) in [6, 6.07) is 10.6. The number of alkyl halides is 3. The number of nitriles is 1. The fourth-order valence-electron chi connectivity index (χ4n) is 6.81. The lowest BCUT2D eigenvalue weighted by molar-refractivity contribution is -0.126. The number of nitrogens with one attached hydrogen (secondary N) is 1. The third-order valence-electron chi connectivity index (χ3n) is 9.48. The summed E-state index contributed by atoms with van der Waals surface area (Å²) < 4.78 is 45.8. The molecule has 0 aliphatic carbocycles. The van der Waals surface area contributed by atoms with Crippen molar-refractivity contribution in [2.45, 2.75) is 64.5 Å². The molecule has 14 heteroatoms. The molecule has 0 unspecified atom stereocenters. The van der Waals surface area contributed by atoms with Gasteiger partial charge in [0.05, 0.1) is 18.9 Å². The Kier molecular flexibility index (Phi) is 9.59. The number of likely N-dealkylation sites (tertiary alicyclic amines) is 1. The highest BCUT2D eigenvalue weighted by atomic mass is 32.1. The summed E-state index contributed by atoms with van der Waals surface area (Å²) in [7, 11) is 1.40. The largest absolute Gasteiger partial charge is 0.453 e. The van der Waals surface area contributed by atoms with Gasteiger partial charge in [-0.15, -0.1) is 11.3 Å². The first-order valence-corrected chi connectivity index (χ1v) is 16.7. The van der Waals surface area contributed by atoms with Crippen LogP contribution in [0, 0.1) is 18.3 Å². The van der Waals surface area contributed by atoms with E-state index in [0.717, 1.165) is 67.8 Å². The van der Waals surface area contributed by atoms with Crippen molar-refractivity contribution in [3.63, 3.8) is 0 Å². The molecule has 2 saturated heterocycles. The van der Waals surface area contributed by atoms with Gasteiger partial charge >= 0.3 is 12.3 Å². The van der Waals surface area contributed by atoms with E-state index in [1.54, 1.807) is 11.0 Å². The Hall–Kier alpha value is -3.93. The second-order valence-corrected chi connectivity index (χ2v) is 13.6. The molecule has 0 radical (unpaired) electrons. The quantitative estimate of drug-likeness (QED) is 0.252. The van der Waals surface area contributed by atoms with Gasteiger partial charge in [0.25, 0.3) is 0 Å². The molecule has 250 valence electrons. The van der Waals surface area contributed by atoms with Crippen molar-refractivity contribution in [2.75, 3.05) is 51.7 Å². The smallest absolute Gasteiger partial charge is 0.409 e. The molecular weight excluding hydrogens is 629 g/mol. The van der Waals surface area contributed by atoms with Crippen molar-refractivity contribution in [2.24, 2.45) is 0 Å². The predicted octanol–water partition coefficient (Wildman–Crippen LogP) is 5.78. The van der Waals surface area contributed by atoms with Crippen molar-refractivity contribution >= 4 is 44.4 Å². The Labute approximate surface area is 275 Å². The van der Waals surface area contributed by atoms with Gasteiger partial charge < -0.3 is 19.5 Å². The number of halogens is 3. The Morgan fingerprint density at radius 2 is 1.87 bits per heavy atom. The number of ether oxygens (including phenoxy) is 1. The van der Waals surface area contributed by atoms with E-state index in [9.17, 15) is 23.2 Å². The normalized spacial score (nSPS) is 17.7. The van der Waals surface area contributed by atoms with Crippen molar-refractivity contribution in [1.29, 1.82) is 5.26 Å². The van der Waals surface area contributed by atoms with Gasteiger partial charge in [-0.1, -0.05) is 6.07 Å². The first-order chi connectivity index (χ1) is 22.5. The number of hydrogen-bond donors (Lipinski definition) is 1. The van der Waals surface area contributed by atoms with Gasteiger partial charge in [-0.2, -0.15) is 18.4 Å². The highest BCUT2D eigenvalue weighted by Gasteiger charge is 2.30. The monoisotopic (exact) mass is 668 g/mol. The van der Waals surface area contributed by atoms with Gasteiger partial charge in [0.15, 0.2) is 0 Å². The van der Waals surface area contributed by atoms with Crippen LogP contribution in [0.15, 0.2) is 30.6 Å². The highest BCUT2D eigenvalue weighted by molar-refractivity contribution is 7.18. The maximum absolute atomic E-state index is 12.9. The number of benzene rings is 1. The zero-order valence-electron chi connectivity index (χ0n) is 26.8. The molecule has 4 aromatic rings. The third-order valence-corrected chi connectivity index (χ3v) is 10.5. The Morgan fingerprint density at radius 3 is 2.55 bits per heavy atom. The SMILES string of the molecule is COC(=O)N1CCN([C@@H](C)Cn2c(C#N)cc3c(C)c(CN4CCC(Nc5ncnc6sc(CC(F)(F)F)cc56)CC4)ccc32)CC1. The second kappa shape index (κ2) is 13.7. The summed E-state index contributed by atoms with van der Waals surface area (Å²) in [6.07, 6.45) is -2.34. The van der Waals surface area contributed by atoms with Gasteiger partial charge in [0.1, 0.15) is 28.7 Å². The molecule has 2 fully saturated rings. The Morgan fingerprint density at radius 1 is 1.13 bits per heavy atom. The van der Waals surface area contributed by atoms with Crippen LogP contribution in [0.25, 0.3) is 21.1 Å². The number of anilines is 1. The molecule has 10 nitrogen and oxygen atoms in total. The van der Waals surface area contributed by atoms with E-state index in [1.807, 2.05) is 6.07 Å². The molecule has 1 N–H and O–H groups in total. The number of amides is 1. The average molecular weight is 669 g/mol. The minimum absolute atomic E-state index is 0.163. The zero-order chi connectivity index (χ0) is 33.3. The van der Waals surface area contributed by atoms with Gasteiger partial charge in [-0.05, 0) is 56.0 Å². The number of thiophene rings is 1. The lowest BCUT2D eigenvalue weighted by Crippen LogP contribution is -2.52. The van der Waals surface area contributed by atoms with Crippen LogP contribution in [-0.2, 0) is 24.2 Å². The summed E-state index contributed by atoms with van der Waals surface area (Å²) in [6.45, 7) is 10.3. The molecule has 1 amide bonds. The van der Waals surface area contributed by atoms with Crippen LogP contribution in [0.1, 0.15) is 41.5 Å². The maximum Gasteiger partial charge on any atom is 0.409 e. The summed E-state index contributed by atoms with van der Waals surface area (Å²) in [4.78, 5) is 27.7. The summed E-state index contributed by atoms with van der Waals surface area (Å²) in [5.41, 5.74) is 4.09. The number of methoxy groups -OCH3 is 1. The number of carbonyl (C=O) groups excluding carboxylic acids is 1. The molecule has 2 aliphatic heterocycles. The van der Waals surface area contributed by atoms with E-state index >= 15 is 0 Å². The highest BCUT2D eigenvalue weighted by Crippen LogP contribution is 2.33. The standard InChI is InChI=1S/C33H39F3N8O2S/c1-21(42-10-12-43(13-11-42)32(45)46-3)18-44-25(17-37)14-27-22(2)23(4-5-29(27)44)19-41-8-6-24(7-9-41)40-30-28-15-26(16-33(34,35)36)47-31(28)39-20-38-30/h4-5,14-15,20-21,24H,6-13,16,18-19H2,1-3H3,(H,38,39,40)/t21-/m0/s1. The number of aromatic nitrogens is 3. The van der Waals surface area contributed by atoms with Crippen LogP contribution in [0.4, 0.5) is 23.8 Å². The first kappa shape index (κ1) is 33.0. The number of aryl methyl sites for hydroxylation is 1. The molecule has 2 aliphatic rings. The van der Waals surface area contributed by atoms with E-state index in [-0.39, 0.29) is 23.1 Å². The number of carbonyl (C=O) groups is 1. The maximum atomic E-state index is 12.9. The van der Waals surface area contributed by atoms with Gasteiger partial charge in [0.2, 0.25) is 0 Å². The Balaban J connectivity index is 1.08. The number of hydrogen-bond acceptors (Lipinski definition) is 9. The van der Waals surface area contributed by atoms with E-state index in [0.29, 0.717) is 41.4 Å². The van der Waals surface area contributed by atoms with Crippen molar-refractivity contribution < 1.29 is 22.7 Å². The number of nitrogens with zero attached hydrogens (tertiary/aromatic N) is 7. The van der Waals surface area contributed by atoms with Crippen LogP contribution in [0.3, 0.4) is 0 Å². The zero-order valence-corrected chi connectivity index (χ0v) is 27.6. The lowest BCUT2D eigenvalue weighted by atomic mass is 10.0. The minimum atomic E-state index is -4.26. The first-order valence-electron chi connectivity index (χ1n) is 15.9. The van der Waals surface area contributed by atoms with E-state index in [1.165, 1.54) is 24.6 Å².